The summed E-state index contributed by atoms with van der Waals surface area (Å²) in [4.78, 5) is 20.7. The summed E-state index contributed by atoms with van der Waals surface area (Å²) < 4.78 is 0. The van der Waals surface area contributed by atoms with Crippen molar-refractivity contribution in [2.45, 2.75) is 19.9 Å². The molecule has 1 amide bonds. The van der Waals surface area contributed by atoms with Crippen molar-refractivity contribution in [1.82, 2.24) is 15.2 Å². The van der Waals surface area contributed by atoms with Gasteiger partial charge in [-0.25, -0.2) is 0 Å². The molecular formula is C14H22N4O. The second-order valence-corrected chi connectivity index (χ2v) is 4.75. The zero-order valence-corrected chi connectivity index (χ0v) is 11.7. The Bertz CT molecular complexity index is 403. The molecule has 0 aliphatic carbocycles. The molecule has 1 N–H and O–H groups in total. The maximum atomic E-state index is 12.6. The number of nitrogens with one attached hydrogen (secondary N) is 1. The molecule has 1 aromatic heterocycles. The van der Waals surface area contributed by atoms with E-state index in [1.165, 1.54) is 0 Å². The molecule has 0 spiro atoms. The van der Waals surface area contributed by atoms with Gasteiger partial charge in [-0.1, -0.05) is 0 Å². The predicted octanol–water partition coefficient (Wildman–Crippen LogP) is 0.728. The van der Waals surface area contributed by atoms with Gasteiger partial charge in [0.2, 0.25) is 5.91 Å². The topological polar surface area (TPSA) is 48.5 Å². The number of piperazine rings is 1. The van der Waals surface area contributed by atoms with Gasteiger partial charge in [0, 0.05) is 50.8 Å². The normalized spacial score (nSPS) is 18.0. The van der Waals surface area contributed by atoms with Crippen molar-refractivity contribution in [3.63, 3.8) is 0 Å². The van der Waals surface area contributed by atoms with Gasteiger partial charge in [0.25, 0.3) is 0 Å². The molecule has 0 bridgehead atoms. The monoisotopic (exact) mass is 262 g/mol. The number of pyridine rings is 1. The number of likely N-dealkylation sites (N-methyl/N-ethyl adjacent to an activating group) is 1. The Morgan fingerprint density at radius 1 is 1.42 bits per heavy atom. The molecule has 1 fully saturated rings. The van der Waals surface area contributed by atoms with Gasteiger partial charge in [-0.3, -0.25) is 14.7 Å². The molecule has 0 aromatic carbocycles. The summed E-state index contributed by atoms with van der Waals surface area (Å²) in [5.41, 5.74) is 0.921. The van der Waals surface area contributed by atoms with Gasteiger partial charge in [-0.05, 0) is 26.0 Å². The first-order valence-corrected chi connectivity index (χ1v) is 6.90. The van der Waals surface area contributed by atoms with E-state index in [0.29, 0.717) is 6.54 Å². The molecule has 1 saturated heterocycles. The van der Waals surface area contributed by atoms with Crippen molar-refractivity contribution >= 4 is 11.6 Å². The van der Waals surface area contributed by atoms with Crippen molar-refractivity contribution in [3.05, 3.63) is 24.5 Å². The zero-order chi connectivity index (χ0) is 13.7. The minimum Gasteiger partial charge on any atom is -0.314 e. The molecule has 2 heterocycles. The third kappa shape index (κ3) is 3.30. The highest BCUT2D eigenvalue weighted by molar-refractivity contribution is 5.96. The second kappa shape index (κ2) is 6.63. The van der Waals surface area contributed by atoms with Crippen LogP contribution in [0.1, 0.15) is 13.8 Å². The van der Waals surface area contributed by atoms with E-state index in [4.69, 9.17) is 0 Å². The molecule has 1 aliphatic rings. The number of carbonyl (C=O) groups is 1. The Balaban J connectivity index is 2.07. The molecule has 2 rings (SSSR count). The molecule has 5 nitrogen and oxygen atoms in total. The largest absolute Gasteiger partial charge is 0.314 e. The number of hydrogen-bond donors (Lipinski definition) is 1. The highest BCUT2D eigenvalue weighted by atomic mass is 16.2. The van der Waals surface area contributed by atoms with Crippen LogP contribution in [0.3, 0.4) is 0 Å². The standard InChI is InChI=1S/C14H22N4O/c1-3-18(13-4-6-15-7-5-13)14(19)12(2)17-10-8-16-9-11-17/h4-7,12,16H,3,8-11H2,1-2H3. The van der Waals surface area contributed by atoms with Gasteiger partial charge in [0.1, 0.15) is 0 Å². The quantitative estimate of drug-likeness (QED) is 0.869. The maximum Gasteiger partial charge on any atom is 0.244 e. The van der Waals surface area contributed by atoms with Crippen molar-refractivity contribution in [2.24, 2.45) is 0 Å². The summed E-state index contributed by atoms with van der Waals surface area (Å²) in [7, 11) is 0. The fourth-order valence-electron chi connectivity index (χ4n) is 2.44. The lowest BCUT2D eigenvalue weighted by atomic mass is 10.2. The van der Waals surface area contributed by atoms with Crippen LogP contribution in [-0.2, 0) is 4.79 Å². The summed E-state index contributed by atoms with van der Waals surface area (Å²) in [6, 6.07) is 3.69. The van der Waals surface area contributed by atoms with Crippen LogP contribution in [0, 0.1) is 0 Å². The second-order valence-electron chi connectivity index (χ2n) is 4.75. The average Bonchev–Trinajstić information content (AvgIpc) is 2.49. The average molecular weight is 262 g/mol. The van der Waals surface area contributed by atoms with E-state index in [-0.39, 0.29) is 11.9 Å². The van der Waals surface area contributed by atoms with Gasteiger partial charge >= 0.3 is 0 Å². The number of anilines is 1. The molecule has 1 atom stereocenters. The summed E-state index contributed by atoms with van der Waals surface area (Å²) in [5.74, 6) is 0.163. The molecule has 0 saturated carbocycles. The Morgan fingerprint density at radius 3 is 2.63 bits per heavy atom. The van der Waals surface area contributed by atoms with Crippen molar-refractivity contribution in [1.29, 1.82) is 0 Å². The van der Waals surface area contributed by atoms with E-state index >= 15 is 0 Å². The van der Waals surface area contributed by atoms with E-state index in [2.05, 4.69) is 15.2 Å². The van der Waals surface area contributed by atoms with Crippen LogP contribution < -0.4 is 10.2 Å². The minimum absolute atomic E-state index is 0.0739. The number of aromatic nitrogens is 1. The summed E-state index contributed by atoms with van der Waals surface area (Å²) in [6.07, 6.45) is 3.45. The fraction of sp³-hybridized carbons (Fsp3) is 0.571. The first-order chi connectivity index (χ1) is 9.24. The van der Waals surface area contributed by atoms with E-state index in [1.807, 2.05) is 30.9 Å². The highest BCUT2D eigenvalue weighted by Gasteiger charge is 2.26. The molecule has 5 heteroatoms. The summed E-state index contributed by atoms with van der Waals surface area (Å²) in [6.45, 7) is 8.46. The fourth-order valence-corrected chi connectivity index (χ4v) is 2.44. The number of hydrogen-bond acceptors (Lipinski definition) is 4. The molecule has 1 aliphatic heterocycles. The number of nitrogens with zero attached hydrogens (tertiary/aromatic N) is 3. The first kappa shape index (κ1) is 14.0. The third-order valence-corrected chi connectivity index (χ3v) is 3.61. The zero-order valence-electron chi connectivity index (χ0n) is 11.7. The lowest BCUT2D eigenvalue weighted by molar-refractivity contribution is -0.123. The SMILES string of the molecule is CCN(C(=O)C(C)N1CCNCC1)c1ccncc1. The Kier molecular flexibility index (Phi) is 4.87. The van der Waals surface area contributed by atoms with Crippen molar-refractivity contribution in [3.8, 4) is 0 Å². The lowest BCUT2D eigenvalue weighted by Crippen LogP contribution is -2.53. The van der Waals surface area contributed by atoms with Crippen LogP contribution in [0.4, 0.5) is 5.69 Å². The Morgan fingerprint density at radius 2 is 2.05 bits per heavy atom. The molecule has 104 valence electrons. The molecule has 1 aromatic rings. The van der Waals surface area contributed by atoms with Crippen molar-refractivity contribution < 1.29 is 4.79 Å². The lowest BCUT2D eigenvalue weighted by Gasteiger charge is -2.34. The summed E-state index contributed by atoms with van der Waals surface area (Å²) in [5, 5.41) is 3.31. The number of amides is 1. The molecule has 1 unspecified atom stereocenters. The minimum atomic E-state index is -0.0739. The van der Waals surface area contributed by atoms with Crippen LogP contribution in [-0.4, -0.2) is 54.6 Å². The highest BCUT2D eigenvalue weighted by Crippen LogP contribution is 2.15. The van der Waals surface area contributed by atoms with Gasteiger partial charge in [0.15, 0.2) is 0 Å². The van der Waals surface area contributed by atoms with Gasteiger partial charge in [-0.2, -0.15) is 0 Å². The molecule has 19 heavy (non-hydrogen) atoms. The van der Waals surface area contributed by atoms with Crippen LogP contribution in [0.5, 0.6) is 0 Å². The van der Waals surface area contributed by atoms with Crippen LogP contribution in [0.25, 0.3) is 0 Å². The molecular weight excluding hydrogens is 240 g/mol. The number of rotatable bonds is 4. The maximum absolute atomic E-state index is 12.6. The summed E-state index contributed by atoms with van der Waals surface area (Å²) >= 11 is 0. The van der Waals surface area contributed by atoms with E-state index in [0.717, 1.165) is 31.9 Å². The van der Waals surface area contributed by atoms with E-state index < -0.39 is 0 Å². The first-order valence-electron chi connectivity index (χ1n) is 6.90. The third-order valence-electron chi connectivity index (χ3n) is 3.61. The Labute approximate surface area is 114 Å². The van der Waals surface area contributed by atoms with Gasteiger partial charge in [-0.15, -0.1) is 0 Å². The van der Waals surface area contributed by atoms with E-state index in [1.54, 1.807) is 12.4 Å². The van der Waals surface area contributed by atoms with Crippen LogP contribution in [0.2, 0.25) is 0 Å². The number of carbonyl (C=O) groups excluding carboxylic acids is 1. The van der Waals surface area contributed by atoms with Crippen LogP contribution in [0.15, 0.2) is 24.5 Å². The van der Waals surface area contributed by atoms with Crippen LogP contribution >= 0.6 is 0 Å². The van der Waals surface area contributed by atoms with Gasteiger partial charge in [0.05, 0.1) is 6.04 Å². The van der Waals surface area contributed by atoms with Gasteiger partial charge < -0.3 is 10.2 Å². The smallest absolute Gasteiger partial charge is 0.244 e. The van der Waals surface area contributed by atoms with E-state index in [9.17, 15) is 4.79 Å². The Hall–Kier alpha value is -1.46. The van der Waals surface area contributed by atoms with Crippen molar-refractivity contribution in [2.75, 3.05) is 37.6 Å². The molecule has 0 radical (unpaired) electrons. The predicted molar refractivity (Wildman–Crippen MR) is 76.2 cm³/mol.